The Kier molecular flexibility index (Phi) is 1.83. The Morgan fingerprint density at radius 1 is 1.67 bits per heavy atom. The van der Waals surface area contributed by atoms with Crippen LogP contribution in [0.5, 0.6) is 0 Å². The fourth-order valence-corrected chi connectivity index (χ4v) is 1.22. The van der Waals surface area contributed by atoms with Gasteiger partial charge < -0.3 is 5.11 Å². The topological polar surface area (TPSA) is 20.2 Å². The fourth-order valence-electron chi connectivity index (χ4n) is 0.553. The highest BCUT2D eigenvalue weighted by atomic mass is 32.1. The van der Waals surface area contributed by atoms with Crippen molar-refractivity contribution >= 4 is 11.3 Å². The van der Waals surface area contributed by atoms with Crippen molar-refractivity contribution in [3.63, 3.8) is 0 Å². The highest BCUT2D eigenvalue weighted by Gasteiger charge is 2.02. The van der Waals surface area contributed by atoms with Crippen LogP contribution in [-0.4, -0.2) is 5.11 Å². The molecule has 0 aliphatic carbocycles. The van der Waals surface area contributed by atoms with Gasteiger partial charge in [-0.1, -0.05) is 0 Å². The summed E-state index contributed by atoms with van der Waals surface area (Å²) in [5, 5.41) is 8.64. The molecule has 1 heterocycles. The van der Waals surface area contributed by atoms with Crippen LogP contribution in [-0.2, 0) is 0 Å². The molecular weight excluding hydrogens is 139 g/mol. The van der Waals surface area contributed by atoms with Gasteiger partial charge in [0.05, 0.1) is 6.10 Å². The molecule has 1 atom stereocenters. The van der Waals surface area contributed by atoms with Crippen molar-refractivity contribution < 1.29 is 9.50 Å². The fraction of sp³-hybridized carbons (Fsp3) is 0.333. The second-order valence-corrected chi connectivity index (χ2v) is 2.88. The Hall–Kier alpha value is -0.410. The molecule has 0 aliphatic rings. The van der Waals surface area contributed by atoms with Crippen molar-refractivity contribution in [3.8, 4) is 0 Å². The standard InChI is InChI=1S/C6H7FOS/c1-4(8)5-2-3-6(7)9-5/h2-4,8H,1H3. The SMILES string of the molecule is CC(O)c1ccc(F)s1. The molecule has 0 radical (unpaired) electrons. The summed E-state index contributed by atoms with van der Waals surface area (Å²) in [4.78, 5) is 0.674. The van der Waals surface area contributed by atoms with E-state index in [1.807, 2.05) is 0 Å². The molecule has 0 spiro atoms. The number of rotatable bonds is 1. The van der Waals surface area contributed by atoms with E-state index in [0.29, 0.717) is 4.88 Å². The van der Waals surface area contributed by atoms with Crippen molar-refractivity contribution in [1.29, 1.82) is 0 Å². The number of thiophene rings is 1. The number of aliphatic hydroxyl groups excluding tert-OH is 1. The normalized spacial score (nSPS) is 13.7. The smallest absolute Gasteiger partial charge is 0.176 e. The van der Waals surface area contributed by atoms with Gasteiger partial charge in [-0.05, 0) is 19.1 Å². The van der Waals surface area contributed by atoms with Gasteiger partial charge in [0.2, 0.25) is 0 Å². The lowest BCUT2D eigenvalue weighted by molar-refractivity contribution is 0.203. The van der Waals surface area contributed by atoms with E-state index in [4.69, 9.17) is 5.11 Å². The first kappa shape index (κ1) is 6.71. The van der Waals surface area contributed by atoms with E-state index in [9.17, 15) is 4.39 Å². The molecule has 1 aromatic rings. The van der Waals surface area contributed by atoms with Crippen LogP contribution in [0.4, 0.5) is 4.39 Å². The largest absolute Gasteiger partial charge is 0.388 e. The molecule has 3 heteroatoms. The molecule has 1 N–H and O–H groups in total. The molecule has 1 rings (SSSR count). The molecule has 50 valence electrons. The Morgan fingerprint density at radius 2 is 2.33 bits per heavy atom. The summed E-state index contributed by atoms with van der Waals surface area (Å²) in [5.74, 6) is 0. The van der Waals surface area contributed by atoms with E-state index in [2.05, 4.69) is 0 Å². The molecule has 0 amide bonds. The Labute approximate surface area is 56.8 Å². The first-order valence-corrected chi connectivity index (χ1v) is 3.45. The quantitative estimate of drug-likeness (QED) is 0.642. The van der Waals surface area contributed by atoms with Crippen LogP contribution in [0, 0.1) is 5.13 Å². The molecular formula is C6H7FOS. The summed E-state index contributed by atoms with van der Waals surface area (Å²) < 4.78 is 12.2. The third-order valence-corrected chi connectivity index (χ3v) is 2.05. The van der Waals surface area contributed by atoms with E-state index in [-0.39, 0.29) is 5.13 Å². The van der Waals surface area contributed by atoms with Gasteiger partial charge in [0.1, 0.15) is 0 Å². The van der Waals surface area contributed by atoms with Crippen LogP contribution in [0.1, 0.15) is 17.9 Å². The molecule has 9 heavy (non-hydrogen) atoms. The van der Waals surface area contributed by atoms with Crippen molar-refractivity contribution in [2.75, 3.05) is 0 Å². The van der Waals surface area contributed by atoms with Crippen molar-refractivity contribution in [3.05, 3.63) is 22.1 Å². The van der Waals surface area contributed by atoms with E-state index >= 15 is 0 Å². The van der Waals surface area contributed by atoms with Crippen LogP contribution in [0.15, 0.2) is 12.1 Å². The zero-order valence-corrected chi connectivity index (χ0v) is 5.78. The highest BCUT2D eigenvalue weighted by molar-refractivity contribution is 7.10. The average Bonchev–Trinajstić information content (AvgIpc) is 2.14. The van der Waals surface area contributed by atoms with Gasteiger partial charge >= 0.3 is 0 Å². The summed E-state index contributed by atoms with van der Waals surface area (Å²) in [6, 6.07) is 2.94. The molecule has 0 saturated heterocycles. The average molecular weight is 146 g/mol. The van der Waals surface area contributed by atoms with Crippen LogP contribution in [0.25, 0.3) is 0 Å². The molecule has 0 aromatic carbocycles. The second kappa shape index (κ2) is 2.45. The van der Waals surface area contributed by atoms with Gasteiger partial charge in [0.15, 0.2) is 5.13 Å². The first-order chi connectivity index (χ1) is 4.20. The van der Waals surface area contributed by atoms with E-state index in [1.54, 1.807) is 13.0 Å². The van der Waals surface area contributed by atoms with Gasteiger partial charge in [-0.3, -0.25) is 0 Å². The maximum Gasteiger partial charge on any atom is 0.176 e. The molecule has 1 aromatic heterocycles. The van der Waals surface area contributed by atoms with E-state index < -0.39 is 6.10 Å². The summed E-state index contributed by atoms with van der Waals surface area (Å²) in [6.07, 6.45) is -0.542. The van der Waals surface area contributed by atoms with Gasteiger partial charge in [0, 0.05) is 4.88 Å². The maximum absolute atomic E-state index is 12.2. The highest BCUT2D eigenvalue weighted by Crippen LogP contribution is 2.20. The second-order valence-electron chi connectivity index (χ2n) is 1.82. The minimum atomic E-state index is -0.542. The lowest BCUT2D eigenvalue weighted by Gasteiger charge is -1.95. The number of hydrogen-bond donors (Lipinski definition) is 1. The molecule has 0 bridgehead atoms. The summed E-state index contributed by atoms with van der Waals surface area (Å²) in [6.45, 7) is 1.62. The lowest BCUT2D eigenvalue weighted by Crippen LogP contribution is -1.83. The zero-order valence-electron chi connectivity index (χ0n) is 4.97. The number of halogens is 1. The first-order valence-electron chi connectivity index (χ1n) is 2.63. The Bertz CT molecular complexity index is 195. The summed E-state index contributed by atoms with van der Waals surface area (Å²) >= 11 is 0.979. The maximum atomic E-state index is 12.2. The molecule has 1 nitrogen and oxygen atoms in total. The predicted octanol–water partition coefficient (Wildman–Crippen LogP) is 1.94. The lowest BCUT2D eigenvalue weighted by atomic mass is 10.3. The molecule has 0 fully saturated rings. The van der Waals surface area contributed by atoms with Crippen molar-refractivity contribution in [1.82, 2.24) is 0 Å². The number of hydrogen-bond acceptors (Lipinski definition) is 2. The molecule has 1 unspecified atom stereocenters. The number of aliphatic hydroxyl groups is 1. The third-order valence-electron chi connectivity index (χ3n) is 1.01. The summed E-state index contributed by atoms with van der Waals surface area (Å²) in [5.41, 5.74) is 0. The van der Waals surface area contributed by atoms with Crippen LogP contribution >= 0.6 is 11.3 Å². The zero-order chi connectivity index (χ0) is 6.85. The van der Waals surface area contributed by atoms with Crippen LogP contribution < -0.4 is 0 Å². The van der Waals surface area contributed by atoms with Gasteiger partial charge in [-0.2, -0.15) is 4.39 Å². The van der Waals surface area contributed by atoms with Crippen LogP contribution in [0.3, 0.4) is 0 Å². The van der Waals surface area contributed by atoms with Crippen molar-refractivity contribution in [2.24, 2.45) is 0 Å². The van der Waals surface area contributed by atoms with Gasteiger partial charge in [-0.15, -0.1) is 11.3 Å². The van der Waals surface area contributed by atoms with E-state index in [1.165, 1.54) is 6.07 Å². The minimum Gasteiger partial charge on any atom is -0.388 e. The molecule has 0 saturated carbocycles. The third kappa shape index (κ3) is 1.50. The summed E-state index contributed by atoms with van der Waals surface area (Å²) in [7, 11) is 0. The Balaban J connectivity index is 2.85. The van der Waals surface area contributed by atoms with Crippen molar-refractivity contribution in [2.45, 2.75) is 13.0 Å². The Morgan fingerprint density at radius 3 is 2.56 bits per heavy atom. The minimum absolute atomic E-state index is 0.245. The van der Waals surface area contributed by atoms with Gasteiger partial charge in [-0.25, -0.2) is 0 Å². The predicted molar refractivity (Wildman–Crippen MR) is 34.9 cm³/mol. The van der Waals surface area contributed by atoms with Gasteiger partial charge in [0.25, 0.3) is 0 Å². The van der Waals surface area contributed by atoms with E-state index in [0.717, 1.165) is 11.3 Å². The van der Waals surface area contributed by atoms with Crippen LogP contribution in [0.2, 0.25) is 0 Å². The molecule has 0 aliphatic heterocycles. The monoisotopic (exact) mass is 146 g/mol.